The summed E-state index contributed by atoms with van der Waals surface area (Å²) in [5.41, 5.74) is 5.88. The van der Waals surface area contributed by atoms with Crippen LogP contribution in [-0.4, -0.2) is 11.0 Å². The molecule has 0 unspecified atom stereocenters. The van der Waals surface area contributed by atoms with E-state index in [1.807, 2.05) is 0 Å². The number of hydrogen-bond donors (Lipinski definition) is 2. The van der Waals surface area contributed by atoms with Gasteiger partial charge in [-0.15, -0.1) is 6.58 Å². The second-order valence-electron chi connectivity index (χ2n) is 3.38. The molecule has 0 heterocycles. The maximum atomic E-state index is 10.9. The van der Waals surface area contributed by atoms with Gasteiger partial charge in [-0.3, -0.25) is 4.79 Å². The van der Waals surface area contributed by atoms with Crippen LogP contribution in [0.4, 0.5) is 0 Å². The van der Waals surface area contributed by atoms with E-state index in [4.69, 9.17) is 11.0 Å². The van der Waals surface area contributed by atoms with Crippen molar-refractivity contribution in [3.63, 3.8) is 0 Å². The van der Waals surface area contributed by atoms with Gasteiger partial charge < -0.3 is 10.8 Å². The predicted octanol–water partition coefficient (Wildman–Crippen LogP) is 1.51. The largest absolute Gasteiger partial charge is 0.507 e. The number of phenolic OH excluding ortho intramolecular Hbond substituents is 1. The number of carbonyl (C=O) groups is 1. The number of rotatable bonds is 4. The van der Waals surface area contributed by atoms with E-state index < -0.39 is 5.91 Å². The topological polar surface area (TPSA) is 87.1 Å². The van der Waals surface area contributed by atoms with Gasteiger partial charge >= 0.3 is 0 Å². The van der Waals surface area contributed by atoms with Crippen LogP contribution in [0, 0.1) is 11.3 Å². The van der Waals surface area contributed by atoms with E-state index in [-0.39, 0.29) is 11.3 Å². The first-order chi connectivity index (χ1) is 8.10. The van der Waals surface area contributed by atoms with E-state index in [0.29, 0.717) is 17.5 Å². The summed E-state index contributed by atoms with van der Waals surface area (Å²) in [5.74, 6) is -0.789. The van der Waals surface area contributed by atoms with Crippen LogP contribution in [0.3, 0.4) is 0 Å². The van der Waals surface area contributed by atoms with Gasteiger partial charge in [0, 0.05) is 5.56 Å². The summed E-state index contributed by atoms with van der Waals surface area (Å²) in [4.78, 5) is 10.9. The molecule has 1 rings (SSSR count). The van der Waals surface area contributed by atoms with Crippen LogP contribution in [0.15, 0.2) is 36.4 Å². The van der Waals surface area contributed by atoms with Crippen LogP contribution in [-0.2, 0) is 11.2 Å². The first kappa shape index (κ1) is 12.5. The third-order valence-corrected chi connectivity index (χ3v) is 2.20. The number of phenols is 1. The van der Waals surface area contributed by atoms with Crippen molar-refractivity contribution in [1.29, 1.82) is 5.26 Å². The van der Waals surface area contributed by atoms with Crippen molar-refractivity contribution in [2.45, 2.75) is 6.42 Å². The molecule has 0 saturated carbocycles. The number of para-hydroxylation sites is 1. The fraction of sp³-hybridized carbons (Fsp3) is 0.0769. The molecule has 0 aromatic heterocycles. The molecule has 0 saturated heterocycles. The lowest BCUT2D eigenvalue weighted by Crippen LogP contribution is -2.12. The SMILES string of the molecule is C=CCc1cccc(C=C(C#N)C(N)=O)c1O. The van der Waals surface area contributed by atoms with Crippen molar-refractivity contribution in [2.75, 3.05) is 0 Å². The molecule has 0 aliphatic heterocycles. The maximum Gasteiger partial charge on any atom is 0.259 e. The van der Waals surface area contributed by atoms with Gasteiger partial charge in [0.25, 0.3) is 5.91 Å². The molecule has 3 N–H and O–H groups in total. The molecular weight excluding hydrogens is 216 g/mol. The average Bonchev–Trinajstić information content (AvgIpc) is 2.30. The highest BCUT2D eigenvalue weighted by Crippen LogP contribution is 2.25. The van der Waals surface area contributed by atoms with Gasteiger partial charge in [-0.25, -0.2) is 0 Å². The normalized spacial score (nSPS) is 10.6. The smallest absolute Gasteiger partial charge is 0.259 e. The van der Waals surface area contributed by atoms with Crippen molar-refractivity contribution in [1.82, 2.24) is 0 Å². The molecule has 0 radical (unpaired) electrons. The third kappa shape index (κ3) is 2.95. The Kier molecular flexibility index (Phi) is 4.07. The number of amides is 1. The van der Waals surface area contributed by atoms with E-state index >= 15 is 0 Å². The highest BCUT2D eigenvalue weighted by atomic mass is 16.3. The summed E-state index contributed by atoms with van der Waals surface area (Å²) in [6.07, 6.45) is 3.43. The fourth-order valence-corrected chi connectivity index (χ4v) is 1.36. The number of primary amides is 1. The molecule has 17 heavy (non-hydrogen) atoms. The van der Waals surface area contributed by atoms with Gasteiger partial charge in [0.05, 0.1) is 0 Å². The van der Waals surface area contributed by atoms with Gasteiger partial charge in [0.2, 0.25) is 0 Å². The summed E-state index contributed by atoms with van der Waals surface area (Å²) < 4.78 is 0. The van der Waals surface area contributed by atoms with Crippen molar-refractivity contribution in [3.8, 4) is 11.8 Å². The summed E-state index contributed by atoms with van der Waals surface area (Å²) >= 11 is 0. The molecule has 1 aromatic rings. The monoisotopic (exact) mass is 228 g/mol. The van der Waals surface area contributed by atoms with Crippen LogP contribution >= 0.6 is 0 Å². The molecule has 0 spiro atoms. The zero-order valence-corrected chi connectivity index (χ0v) is 9.18. The van der Waals surface area contributed by atoms with Gasteiger partial charge in [-0.1, -0.05) is 24.3 Å². The average molecular weight is 228 g/mol. The zero-order valence-electron chi connectivity index (χ0n) is 9.18. The zero-order chi connectivity index (χ0) is 12.8. The number of aromatic hydroxyl groups is 1. The lowest BCUT2D eigenvalue weighted by Gasteiger charge is -2.05. The quantitative estimate of drug-likeness (QED) is 0.465. The van der Waals surface area contributed by atoms with E-state index in [1.54, 1.807) is 30.3 Å². The highest BCUT2D eigenvalue weighted by Gasteiger charge is 2.08. The van der Waals surface area contributed by atoms with E-state index in [2.05, 4.69) is 6.58 Å². The number of benzene rings is 1. The second kappa shape index (κ2) is 5.52. The molecule has 0 atom stereocenters. The first-order valence-corrected chi connectivity index (χ1v) is 4.93. The molecule has 4 nitrogen and oxygen atoms in total. The predicted molar refractivity (Wildman–Crippen MR) is 64.8 cm³/mol. The van der Waals surface area contributed by atoms with Crippen molar-refractivity contribution in [2.24, 2.45) is 5.73 Å². The van der Waals surface area contributed by atoms with Crippen molar-refractivity contribution >= 4 is 12.0 Å². The maximum absolute atomic E-state index is 10.9. The molecular formula is C13H12N2O2. The molecule has 1 aromatic carbocycles. The van der Waals surface area contributed by atoms with Crippen LogP contribution in [0.25, 0.3) is 6.08 Å². The molecule has 1 amide bonds. The Morgan fingerprint density at radius 3 is 2.82 bits per heavy atom. The van der Waals surface area contributed by atoms with Crippen LogP contribution < -0.4 is 5.73 Å². The number of hydrogen-bond acceptors (Lipinski definition) is 3. The summed E-state index contributed by atoms with van der Waals surface area (Å²) in [6.45, 7) is 3.58. The van der Waals surface area contributed by atoms with E-state index in [9.17, 15) is 9.90 Å². The molecule has 0 fully saturated rings. The Bertz CT molecular complexity index is 525. The Morgan fingerprint density at radius 2 is 2.29 bits per heavy atom. The fourth-order valence-electron chi connectivity index (χ4n) is 1.36. The Morgan fingerprint density at radius 1 is 1.59 bits per heavy atom. The van der Waals surface area contributed by atoms with Crippen molar-refractivity contribution in [3.05, 3.63) is 47.6 Å². The Hall–Kier alpha value is -2.54. The minimum Gasteiger partial charge on any atom is -0.507 e. The lowest BCUT2D eigenvalue weighted by molar-refractivity contribution is -0.114. The molecule has 0 aliphatic rings. The minimum atomic E-state index is -0.818. The van der Waals surface area contributed by atoms with Gasteiger partial charge in [0.15, 0.2) is 0 Å². The summed E-state index contributed by atoms with van der Waals surface area (Å²) in [5, 5.41) is 18.6. The van der Waals surface area contributed by atoms with Crippen LogP contribution in [0.5, 0.6) is 5.75 Å². The Labute approximate surface area is 99.3 Å². The van der Waals surface area contributed by atoms with Crippen LogP contribution in [0.1, 0.15) is 11.1 Å². The van der Waals surface area contributed by atoms with Gasteiger partial charge in [0.1, 0.15) is 17.4 Å². The van der Waals surface area contributed by atoms with Gasteiger partial charge in [-0.05, 0) is 18.1 Å². The molecule has 0 aliphatic carbocycles. The van der Waals surface area contributed by atoms with E-state index in [0.717, 1.165) is 0 Å². The third-order valence-electron chi connectivity index (χ3n) is 2.20. The number of carbonyl (C=O) groups excluding carboxylic acids is 1. The summed E-state index contributed by atoms with van der Waals surface area (Å²) in [6, 6.07) is 6.75. The van der Waals surface area contributed by atoms with Gasteiger partial charge in [-0.2, -0.15) is 5.26 Å². The minimum absolute atomic E-state index is 0.0291. The Balaban J connectivity index is 3.24. The second-order valence-corrected chi connectivity index (χ2v) is 3.38. The van der Waals surface area contributed by atoms with Crippen LogP contribution in [0.2, 0.25) is 0 Å². The lowest BCUT2D eigenvalue weighted by atomic mass is 10.0. The number of nitrogens with two attached hydrogens (primary N) is 1. The number of allylic oxidation sites excluding steroid dienone is 1. The highest BCUT2D eigenvalue weighted by molar-refractivity contribution is 6.00. The van der Waals surface area contributed by atoms with E-state index in [1.165, 1.54) is 6.08 Å². The first-order valence-electron chi connectivity index (χ1n) is 4.93. The summed E-state index contributed by atoms with van der Waals surface area (Å²) in [7, 11) is 0. The standard InChI is InChI=1S/C13H12N2O2/c1-2-4-9-5-3-6-10(12(9)16)7-11(8-14)13(15)17/h2-3,5-7,16H,1,4H2,(H2,15,17). The van der Waals surface area contributed by atoms with Crippen molar-refractivity contribution < 1.29 is 9.90 Å². The number of nitrogens with zero attached hydrogens (tertiary/aromatic N) is 1. The molecule has 4 heteroatoms. The molecule has 86 valence electrons. The number of nitriles is 1. The molecule has 0 bridgehead atoms.